The summed E-state index contributed by atoms with van der Waals surface area (Å²) in [6, 6.07) is 5.69. The van der Waals surface area contributed by atoms with E-state index in [4.69, 9.17) is 11.6 Å². The van der Waals surface area contributed by atoms with Gasteiger partial charge in [-0.15, -0.1) is 6.58 Å². The van der Waals surface area contributed by atoms with Crippen molar-refractivity contribution in [1.29, 1.82) is 0 Å². The molecule has 1 aromatic carbocycles. The fourth-order valence-corrected chi connectivity index (χ4v) is 1.97. The highest BCUT2D eigenvalue weighted by Gasteiger charge is 2.11. The molecule has 88 valence electrons. The van der Waals surface area contributed by atoms with Crippen LogP contribution in [0, 0.1) is 0 Å². The van der Waals surface area contributed by atoms with Crippen LogP contribution >= 0.6 is 11.6 Å². The first-order chi connectivity index (χ1) is 7.74. The van der Waals surface area contributed by atoms with Crippen molar-refractivity contribution in [2.24, 2.45) is 0 Å². The zero-order valence-electron chi connectivity index (χ0n) is 9.62. The molecular formula is C13H18ClNO. The Morgan fingerprint density at radius 2 is 2.25 bits per heavy atom. The molecular weight excluding hydrogens is 222 g/mol. The normalized spacial score (nSPS) is 10.2. The predicted molar refractivity (Wildman–Crippen MR) is 70.1 cm³/mol. The highest BCUT2D eigenvalue weighted by Crippen LogP contribution is 2.27. The van der Waals surface area contributed by atoms with E-state index in [9.17, 15) is 5.11 Å². The largest absolute Gasteiger partial charge is 0.392 e. The molecule has 16 heavy (non-hydrogen) atoms. The smallest absolute Gasteiger partial charge is 0.0716 e. The molecule has 0 aliphatic heterocycles. The van der Waals surface area contributed by atoms with E-state index >= 15 is 0 Å². The molecule has 0 saturated carbocycles. The van der Waals surface area contributed by atoms with Crippen LogP contribution in [0.3, 0.4) is 0 Å². The van der Waals surface area contributed by atoms with E-state index in [0.29, 0.717) is 5.02 Å². The van der Waals surface area contributed by atoms with Crippen molar-refractivity contribution in [3.05, 3.63) is 41.4 Å². The van der Waals surface area contributed by atoms with Crippen molar-refractivity contribution in [1.82, 2.24) is 0 Å². The standard InChI is InChI=1S/C13H18ClNO/c1-3-8-15(9-4-2)13-7-5-6-12(14)11(13)10-16/h3,5-7,16H,1,4,8-10H2,2H3. The molecule has 0 aliphatic rings. The summed E-state index contributed by atoms with van der Waals surface area (Å²) < 4.78 is 0. The van der Waals surface area contributed by atoms with Gasteiger partial charge in [0.25, 0.3) is 0 Å². The second-order valence-electron chi connectivity index (χ2n) is 3.63. The van der Waals surface area contributed by atoms with Crippen LogP contribution in [0.1, 0.15) is 18.9 Å². The molecule has 0 radical (unpaired) electrons. The van der Waals surface area contributed by atoms with Gasteiger partial charge in [-0.25, -0.2) is 0 Å². The first-order valence-corrected chi connectivity index (χ1v) is 5.86. The van der Waals surface area contributed by atoms with Gasteiger partial charge in [-0.05, 0) is 18.6 Å². The second-order valence-corrected chi connectivity index (χ2v) is 4.04. The van der Waals surface area contributed by atoms with Crippen LogP contribution < -0.4 is 4.90 Å². The SMILES string of the molecule is C=CCN(CCC)c1cccc(Cl)c1CO. The van der Waals surface area contributed by atoms with Crippen molar-refractivity contribution in [2.45, 2.75) is 20.0 Å². The van der Waals surface area contributed by atoms with E-state index in [1.807, 2.05) is 18.2 Å². The molecule has 0 fully saturated rings. The molecule has 0 heterocycles. The van der Waals surface area contributed by atoms with Crippen LogP contribution in [0.15, 0.2) is 30.9 Å². The Labute approximate surface area is 102 Å². The second kappa shape index (κ2) is 6.56. The van der Waals surface area contributed by atoms with Gasteiger partial charge >= 0.3 is 0 Å². The third kappa shape index (κ3) is 3.00. The van der Waals surface area contributed by atoms with Gasteiger partial charge in [-0.1, -0.05) is 30.7 Å². The molecule has 1 aromatic rings. The van der Waals surface area contributed by atoms with E-state index in [2.05, 4.69) is 18.4 Å². The van der Waals surface area contributed by atoms with E-state index < -0.39 is 0 Å². The summed E-state index contributed by atoms with van der Waals surface area (Å²) in [5.41, 5.74) is 1.79. The molecule has 0 spiro atoms. The molecule has 0 saturated heterocycles. The van der Waals surface area contributed by atoms with Crippen LogP contribution in [0.5, 0.6) is 0 Å². The van der Waals surface area contributed by atoms with Gasteiger partial charge in [0.15, 0.2) is 0 Å². The summed E-state index contributed by atoms with van der Waals surface area (Å²) in [7, 11) is 0. The number of hydrogen-bond donors (Lipinski definition) is 1. The molecule has 0 aliphatic carbocycles. The maximum absolute atomic E-state index is 9.35. The van der Waals surface area contributed by atoms with Crippen LogP contribution in [-0.2, 0) is 6.61 Å². The van der Waals surface area contributed by atoms with E-state index in [0.717, 1.165) is 30.8 Å². The van der Waals surface area contributed by atoms with Gasteiger partial charge in [0, 0.05) is 29.4 Å². The maximum Gasteiger partial charge on any atom is 0.0716 e. The first-order valence-electron chi connectivity index (χ1n) is 5.48. The van der Waals surface area contributed by atoms with Gasteiger partial charge in [0.1, 0.15) is 0 Å². The Morgan fingerprint density at radius 3 is 2.81 bits per heavy atom. The Morgan fingerprint density at radius 1 is 1.50 bits per heavy atom. The molecule has 1 N–H and O–H groups in total. The first kappa shape index (κ1) is 13.1. The van der Waals surface area contributed by atoms with Crippen LogP contribution in [0.25, 0.3) is 0 Å². The molecule has 1 rings (SSSR count). The minimum Gasteiger partial charge on any atom is -0.392 e. The van der Waals surface area contributed by atoms with Crippen molar-refractivity contribution >= 4 is 17.3 Å². The summed E-state index contributed by atoms with van der Waals surface area (Å²) in [5.74, 6) is 0. The summed E-state index contributed by atoms with van der Waals surface area (Å²) in [6.45, 7) is 7.53. The van der Waals surface area contributed by atoms with Gasteiger partial charge < -0.3 is 10.0 Å². The minimum atomic E-state index is -0.0354. The lowest BCUT2D eigenvalue weighted by Crippen LogP contribution is -2.25. The molecule has 2 nitrogen and oxygen atoms in total. The Hall–Kier alpha value is -0.990. The number of rotatable bonds is 6. The lowest BCUT2D eigenvalue weighted by atomic mass is 10.1. The number of hydrogen-bond acceptors (Lipinski definition) is 2. The third-order valence-corrected chi connectivity index (χ3v) is 2.79. The Balaban J connectivity index is 3.06. The van der Waals surface area contributed by atoms with E-state index in [-0.39, 0.29) is 6.61 Å². The van der Waals surface area contributed by atoms with Gasteiger partial charge in [0.2, 0.25) is 0 Å². The molecule has 0 amide bonds. The lowest BCUT2D eigenvalue weighted by Gasteiger charge is -2.25. The quantitative estimate of drug-likeness (QED) is 0.771. The zero-order valence-corrected chi connectivity index (χ0v) is 10.4. The summed E-state index contributed by atoms with van der Waals surface area (Å²) in [5, 5.41) is 9.96. The number of halogens is 1. The van der Waals surface area contributed by atoms with Crippen molar-refractivity contribution in [3.8, 4) is 0 Å². The summed E-state index contributed by atoms with van der Waals surface area (Å²) in [4.78, 5) is 2.17. The number of anilines is 1. The van der Waals surface area contributed by atoms with Crippen LogP contribution in [0.2, 0.25) is 5.02 Å². The average molecular weight is 240 g/mol. The topological polar surface area (TPSA) is 23.5 Å². The summed E-state index contributed by atoms with van der Waals surface area (Å²) >= 11 is 6.06. The number of aliphatic hydroxyl groups excluding tert-OH is 1. The number of nitrogens with zero attached hydrogens (tertiary/aromatic N) is 1. The highest BCUT2D eigenvalue weighted by molar-refractivity contribution is 6.31. The van der Waals surface area contributed by atoms with Gasteiger partial charge in [-0.2, -0.15) is 0 Å². The summed E-state index contributed by atoms with van der Waals surface area (Å²) in [6.07, 6.45) is 2.91. The van der Waals surface area contributed by atoms with E-state index in [1.165, 1.54) is 0 Å². The third-order valence-electron chi connectivity index (χ3n) is 2.44. The molecule has 0 unspecified atom stereocenters. The van der Waals surface area contributed by atoms with Crippen molar-refractivity contribution in [3.63, 3.8) is 0 Å². The fraction of sp³-hybridized carbons (Fsp3) is 0.385. The van der Waals surface area contributed by atoms with Gasteiger partial charge in [0.05, 0.1) is 6.61 Å². The van der Waals surface area contributed by atoms with Crippen LogP contribution in [-0.4, -0.2) is 18.2 Å². The van der Waals surface area contributed by atoms with Gasteiger partial charge in [-0.3, -0.25) is 0 Å². The predicted octanol–water partition coefficient (Wildman–Crippen LogP) is 3.23. The number of aliphatic hydroxyl groups is 1. The minimum absolute atomic E-state index is 0.0354. The molecule has 3 heteroatoms. The molecule has 0 aromatic heterocycles. The fourth-order valence-electron chi connectivity index (χ4n) is 1.74. The molecule has 0 atom stereocenters. The molecule has 0 bridgehead atoms. The monoisotopic (exact) mass is 239 g/mol. The van der Waals surface area contributed by atoms with Crippen LogP contribution in [0.4, 0.5) is 5.69 Å². The zero-order chi connectivity index (χ0) is 12.0. The van der Waals surface area contributed by atoms with E-state index in [1.54, 1.807) is 6.07 Å². The lowest BCUT2D eigenvalue weighted by molar-refractivity contribution is 0.282. The Bertz CT molecular complexity index is 352. The maximum atomic E-state index is 9.35. The Kier molecular flexibility index (Phi) is 5.36. The van der Waals surface area contributed by atoms with Crippen molar-refractivity contribution < 1.29 is 5.11 Å². The average Bonchev–Trinajstić information content (AvgIpc) is 2.28. The van der Waals surface area contributed by atoms with Crippen molar-refractivity contribution in [2.75, 3.05) is 18.0 Å². The highest BCUT2D eigenvalue weighted by atomic mass is 35.5. The number of benzene rings is 1.